The predicted octanol–water partition coefficient (Wildman–Crippen LogP) is 5.90. The van der Waals surface area contributed by atoms with Crippen LogP contribution in [0.25, 0.3) is 21.9 Å². The molecule has 0 aliphatic carbocycles. The molecule has 1 saturated heterocycles. The summed E-state index contributed by atoms with van der Waals surface area (Å²) in [6.07, 6.45) is 3.33. The lowest BCUT2D eigenvalue weighted by Crippen LogP contribution is -2.24. The molecule has 1 aliphatic heterocycles. The molecule has 5 aromatic rings. The van der Waals surface area contributed by atoms with Crippen LogP contribution < -0.4 is 15.0 Å². The van der Waals surface area contributed by atoms with E-state index in [4.69, 9.17) is 4.74 Å². The molecule has 1 unspecified atom stereocenters. The van der Waals surface area contributed by atoms with Gasteiger partial charge in [0.1, 0.15) is 23.6 Å². The number of anilines is 3. The number of nitrogens with one attached hydrogen (secondary N) is 1. The van der Waals surface area contributed by atoms with Crippen molar-refractivity contribution in [2.75, 3.05) is 16.8 Å². The smallest absolute Gasteiger partial charge is 0.253 e. The molecule has 0 spiro atoms. The molecule has 1 aliphatic rings. The van der Waals surface area contributed by atoms with E-state index in [1.54, 1.807) is 11.2 Å². The molecule has 1 N–H and O–H groups in total. The van der Waals surface area contributed by atoms with E-state index in [1.807, 2.05) is 80.1 Å². The summed E-state index contributed by atoms with van der Waals surface area (Å²) in [5, 5.41) is 4.24. The second kappa shape index (κ2) is 8.74. The van der Waals surface area contributed by atoms with Crippen molar-refractivity contribution in [2.45, 2.75) is 13.8 Å². The number of carbonyl (C=O) groups is 1. The third kappa shape index (κ3) is 4.06. The fraction of sp³-hybridized carbons (Fsp3) is 0.172. The van der Waals surface area contributed by atoms with E-state index in [1.165, 1.54) is 6.33 Å². The van der Waals surface area contributed by atoms with Crippen molar-refractivity contribution in [1.82, 2.24) is 19.5 Å². The van der Waals surface area contributed by atoms with Gasteiger partial charge in [0.05, 0.1) is 22.9 Å². The number of imidazole rings is 1. The van der Waals surface area contributed by atoms with E-state index >= 15 is 0 Å². The lowest BCUT2D eigenvalue weighted by Gasteiger charge is -2.17. The van der Waals surface area contributed by atoms with E-state index in [9.17, 15) is 4.79 Å². The van der Waals surface area contributed by atoms with Gasteiger partial charge < -0.3 is 19.5 Å². The molecule has 0 bridgehead atoms. The Balaban J connectivity index is 1.26. The van der Waals surface area contributed by atoms with Crippen LogP contribution in [0, 0.1) is 12.8 Å². The molecule has 1 atom stereocenters. The molecular weight excluding hydrogens is 464 g/mol. The fourth-order valence-corrected chi connectivity index (χ4v) is 4.67. The minimum atomic E-state index is -0.0355. The number of nitrogens with zero attached hydrogens (tertiary/aromatic N) is 5. The standard InChI is InChI=1S/C29H26N6O2/c1-17-11-20(5-10-27(17)37-22-7-9-26-25(13-22)32-16-34(26)4)33-28-23-12-21(6-8-24(23)30-15-31-28)35-14-18(2)19(3)29(35)36/h5-13,15-16,18H,3,14H2,1-2,4H3,(H,30,31,33). The Bertz CT molecular complexity index is 1710. The molecule has 8 nitrogen and oxygen atoms in total. The van der Waals surface area contributed by atoms with Gasteiger partial charge in [0.2, 0.25) is 0 Å². The highest BCUT2D eigenvalue weighted by molar-refractivity contribution is 6.09. The number of hydrogen-bond donors (Lipinski definition) is 1. The van der Waals surface area contributed by atoms with Gasteiger partial charge >= 0.3 is 0 Å². The van der Waals surface area contributed by atoms with Gasteiger partial charge in [0, 0.05) is 47.9 Å². The molecule has 6 rings (SSSR count). The molecule has 8 heteroatoms. The molecule has 1 fully saturated rings. The van der Waals surface area contributed by atoms with Crippen molar-refractivity contribution in [3.8, 4) is 11.5 Å². The normalized spacial score (nSPS) is 15.6. The summed E-state index contributed by atoms with van der Waals surface area (Å²) in [5.41, 5.74) is 6.03. The number of aromatic nitrogens is 4. The quantitative estimate of drug-likeness (QED) is 0.309. The summed E-state index contributed by atoms with van der Waals surface area (Å²) < 4.78 is 8.13. The minimum absolute atomic E-state index is 0.0355. The van der Waals surface area contributed by atoms with Crippen molar-refractivity contribution in [3.05, 3.63) is 85.0 Å². The number of ether oxygens (including phenoxy) is 1. The number of aryl methyl sites for hydroxylation is 2. The Morgan fingerprint density at radius 3 is 2.68 bits per heavy atom. The Hall–Kier alpha value is -4.72. The zero-order valence-electron chi connectivity index (χ0n) is 20.9. The zero-order chi connectivity index (χ0) is 25.7. The van der Waals surface area contributed by atoms with Gasteiger partial charge in [-0.15, -0.1) is 0 Å². The van der Waals surface area contributed by atoms with Crippen molar-refractivity contribution in [3.63, 3.8) is 0 Å². The largest absolute Gasteiger partial charge is 0.457 e. The van der Waals surface area contributed by atoms with Crippen molar-refractivity contribution >= 4 is 45.0 Å². The van der Waals surface area contributed by atoms with Gasteiger partial charge in [0.25, 0.3) is 5.91 Å². The maximum Gasteiger partial charge on any atom is 0.253 e. The van der Waals surface area contributed by atoms with Crippen molar-refractivity contribution < 1.29 is 9.53 Å². The molecule has 184 valence electrons. The Labute approximate surface area is 214 Å². The Kier molecular flexibility index (Phi) is 5.37. The highest BCUT2D eigenvalue weighted by Crippen LogP contribution is 2.34. The number of amides is 1. The summed E-state index contributed by atoms with van der Waals surface area (Å²) >= 11 is 0. The molecule has 37 heavy (non-hydrogen) atoms. The summed E-state index contributed by atoms with van der Waals surface area (Å²) in [6.45, 7) is 8.58. The van der Waals surface area contributed by atoms with Crippen LogP contribution in [0.2, 0.25) is 0 Å². The van der Waals surface area contributed by atoms with Gasteiger partial charge in [-0.3, -0.25) is 4.79 Å². The van der Waals surface area contributed by atoms with E-state index < -0.39 is 0 Å². The average Bonchev–Trinajstić information content (AvgIpc) is 3.39. The van der Waals surface area contributed by atoms with Gasteiger partial charge in [0.15, 0.2) is 0 Å². The van der Waals surface area contributed by atoms with E-state index in [2.05, 4.69) is 26.8 Å². The number of benzene rings is 3. The van der Waals surface area contributed by atoms with Crippen LogP contribution in [-0.4, -0.2) is 32.0 Å². The summed E-state index contributed by atoms with van der Waals surface area (Å²) in [7, 11) is 1.97. The topological polar surface area (TPSA) is 85.2 Å². The highest BCUT2D eigenvalue weighted by atomic mass is 16.5. The lowest BCUT2D eigenvalue weighted by molar-refractivity contribution is -0.114. The first-order valence-electron chi connectivity index (χ1n) is 12.1. The van der Waals surface area contributed by atoms with E-state index in [0.717, 1.165) is 50.4 Å². The Morgan fingerprint density at radius 2 is 1.89 bits per heavy atom. The zero-order valence-corrected chi connectivity index (χ0v) is 20.9. The van der Waals surface area contributed by atoms with Gasteiger partial charge in [-0.2, -0.15) is 0 Å². The van der Waals surface area contributed by atoms with Crippen LogP contribution in [0.1, 0.15) is 12.5 Å². The second-order valence-corrected chi connectivity index (χ2v) is 9.48. The van der Waals surface area contributed by atoms with Crippen molar-refractivity contribution in [1.29, 1.82) is 0 Å². The number of hydrogen-bond acceptors (Lipinski definition) is 6. The third-order valence-corrected chi connectivity index (χ3v) is 6.86. The van der Waals surface area contributed by atoms with Gasteiger partial charge in [-0.1, -0.05) is 13.5 Å². The SMILES string of the molecule is C=C1C(=O)N(c2ccc3ncnc(Nc4ccc(Oc5ccc6c(c5)ncn6C)c(C)c4)c3c2)CC1C. The summed E-state index contributed by atoms with van der Waals surface area (Å²) in [4.78, 5) is 27.7. The fourth-order valence-electron chi connectivity index (χ4n) is 4.67. The first-order chi connectivity index (χ1) is 17.9. The third-order valence-electron chi connectivity index (χ3n) is 6.86. The van der Waals surface area contributed by atoms with Crippen LogP contribution in [0.4, 0.5) is 17.2 Å². The van der Waals surface area contributed by atoms with Gasteiger partial charge in [-0.25, -0.2) is 15.0 Å². The van der Waals surface area contributed by atoms with Crippen LogP contribution in [0.5, 0.6) is 11.5 Å². The molecule has 1 amide bonds. The summed E-state index contributed by atoms with van der Waals surface area (Å²) in [5.74, 6) is 2.25. The first kappa shape index (κ1) is 22.7. The number of rotatable bonds is 5. The van der Waals surface area contributed by atoms with Crippen LogP contribution in [0.3, 0.4) is 0 Å². The van der Waals surface area contributed by atoms with E-state index in [0.29, 0.717) is 17.9 Å². The van der Waals surface area contributed by atoms with Crippen molar-refractivity contribution in [2.24, 2.45) is 13.0 Å². The highest BCUT2D eigenvalue weighted by Gasteiger charge is 2.31. The average molecular weight is 491 g/mol. The predicted molar refractivity (Wildman–Crippen MR) is 145 cm³/mol. The molecule has 3 aromatic carbocycles. The number of fused-ring (bicyclic) bond motifs is 2. The van der Waals surface area contributed by atoms with E-state index in [-0.39, 0.29) is 11.8 Å². The van der Waals surface area contributed by atoms with Crippen LogP contribution >= 0.6 is 0 Å². The van der Waals surface area contributed by atoms with Crippen LogP contribution in [-0.2, 0) is 11.8 Å². The Morgan fingerprint density at radius 1 is 1.03 bits per heavy atom. The lowest BCUT2D eigenvalue weighted by atomic mass is 10.1. The molecule has 0 saturated carbocycles. The second-order valence-electron chi connectivity index (χ2n) is 9.48. The molecular formula is C29H26N6O2. The molecule has 2 aromatic heterocycles. The minimum Gasteiger partial charge on any atom is -0.457 e. The monoisotopic (exact) mass is 490 g/mol. The maximum atomic E-state index is 12.7. The maximum absolute atomic E-state index is 12.7. The molecule has 3 heterocycles. The molecule has 0 radical (unpaired) electrons. The van der Waals surface area contributed by atoms with Gasteiger partial charge in [-0.05, 0) is 61.0 Å². The summed E-state index contributed by atoms with van der Waals surface area (Å²) in [6, 6.07) is 17.6. The number of carbonyl (C=O) groups excluding carboxylic acids is 1. The first-order valence-corrected chi connectivity index (χ1v) is 12.1. The van der Waals surface area contributed by atoms with Crippen LogP contribution in [0.15, 0.2) is 79.4 Å².